The molecule has 7 heteroatoms. The van der Waals surface area contributed by atoms with Gasteiger partial charge in [0.2, 0.25) is 5.91 Å². The highest BCUT2D eigenvalue weighted by Crippen LogP contribution is 2.37. The van der Waals surface area contributed by atoms with E-state index >= 15 is 0 Å². The average Bonchev–Trinajstić information content (AvgIpc) is 2.47. The van der Waals surface area contributed by atoms with Crippen molar-refractivity contribution in [1.29, 1.82) is 0 Å². The van der Waals surface area contributed by atoms with Gasteiger partial charge in [0.1, 0.15) is 11.8 Å². The van der Waals surface area contributed by atoms with E-state index in [2.05, 4.69) is 0 Å². The van der Waals surface area contributed by atoms with E-state index in [0.717, 1.165) is 12.8 Å². The molecule has 3 aliphatic rings. The number of fused-ring (bicyclic) bond motifs is 2. The topological polar surface area (TPSA) is 98.7 Å². The number of amides is 1. The Bertz CT molecular complexity index is 614. The van der Waals surface area contributed by atoms with Crippen molar-refractivity contribution in [2.45, 2.75) is 25.0 Å². The van der Waals surface area contributed by atoms with Crippen molar-refractivity contribution in [1.82, 2.24) is 0 Å². The fourth-order valence-corrected chi connectivity index (χ4v) is 2.53. The average molecular weight is 275 g/mol. The third kappa shape index (κ3) is 2.01. The second kappa shape index (κ2) is 4.61. The van der Waals surface area contributed by atoms with Gasteiger partial charge in [-0.15, -0.1) is 0 Å². The lowest BCUT2D eigenvalue weighted by Crippen LogP contribution is -2.45. The molecule has 0 aromatic heterocycles. The van der Waals surface area contributed by atoms with Crippen molar-refractivity contribution in [2.24, 2.45) is 5.73 Å². The Morgan fingerprint density at radius 1 is 1.40 bits per heavy atom. The summed E-state index contributed by atoms with van der Waals surface area (Å²) >= 11 is 0. The molecular formula is C13H13N3O4. The van der Waals surface area contributed by atoms with Gasteiger partial charge in [-0.2, -0.15) is 0 Å². The number of nitrogens with zero attached hydrogens (tertiary/aromatic N) is 2. The number of hydroxylamine groups is 1. The zero-order chi connectivity index (χ0) is 14.3. The molecule has 0 saturated carbocycles. The first kappa shape index (κ1) is 12.6. The first-order chi connectivity index (χ1) is 9.56. The minimum atomic E-state index is -0.694. The maximum Gasteiger partial charge on any atom is 0.295 e. The summed E-state index contributed by atoms with van der Waals surface area (Å²) in [5.74, 6) is -0.694. The number of nitro benzene ring substituents is 1. The molecule has 1 saturated heterocycles. The van der Waals surface area contributed by atoms with Gasteiger partial charge < -0.3 is 5.73 Å². The fraction of sp³-hybridized carbons (Fsp3) is 0.308. The molecule has 0 spiro atoms. The first-order valence-corrected chi connectivity index (χ1v) is 6.29. The molecule has 2 atom stereocenters. The van der Waals surface area contributed by atoms with Crippen LogP contribution in [0.15, 0.2) is 30.4 Å². The second-order valence-corrected chi connectivity index (χ2v) is 4.82. The van der Waals surface area contributed by atoms with Crippen LogP contribution in [-0.2, 0) is 4.84 Å². The summed E-state index contributed by atoms with van der Waals surface area (Å²) in [6.07, 6.45) is 5.70. The van der Waals surface area contributed by atoms with Crippen molar-refractivity contribution in [3.8, 4) is 0 Å². The van der Waals surface area contributed by atoms with Gasteiger partial charge in [-0.25, -0.2) is 5.06 Å². The van der Waals surface area contributed by atoms with Crippen LogP contribution in [-0.4, -0.2) is 23.0 Å². The summed E-state index contributed by atoms with van der Waals surface area (Å²) in [6.45, 7) is 0. The highest BCUT2D eigenvalue weighted by atomic mass is 16.7. The number of primary amides is 1. The van der Waals surface area contributed by atoms with E-state index < -0.39 is 10.8 Å². The van der Waals surface area contributed by atoms with Gasteiger partial charge >= 0.3 is 0 Å². The van der Waals surface area contributed by atoms with Gasteiger partial charge in [-0.3, -0.25) is 19.7 Å². The standard InChI is InChI=1S/C13H13N3O4/c14-13(17)8-1-6-11(12(7-8)16(18)19)15-9-2-4-10(20-15)5-3-9/h1-2,4,6-7,9-10H,3,5H2,(H2,14,17)/t9-,10+/m1/s1. The van der Waals surface area contributed by atoms with Crippen molar-refractivity contribution >= 4 is 17.3 Å². The maximum absolute atomic E-state index is 11.2. The predicted molar refractivity (Wildman–Crippen MR) is 71.1 cm³/mol. The minimum Gasteiger partial charge on any atom is -0.366 e. The molecular weight excluding hydrogens is 262 g/mol. The Labute approximate surface area is 114 Å². The lowest BCUT2D eigenvalue weighted by molar-refractivity contribution is -0.384. The number of nitro groups is 1. The van der Waals surface area contributed by atoms with Crippen LogP contribution >= 0.6 is 0 Å². The summed E-state index contributed by atoms with van der Waals surface area (Å²) < 4.78 is 0. The van der Waals surface area contributed by atoms with Crippen LogP contribution in [0.25, 0.3) is 0 Å². The number of anilines is 1. The van der Waals surface area contributed by atoms with Crippen molar-refractivity contribution in [2.75, 3.05) is 5.06 Å². The zero-order valence-corrected chi connectivity index (χ0v) is 10.6. The van der Waals surface area contributed by atoms with Gasteiger partial charge in [0.25, 0.3) is 5.69 Å². The molecule has 104 valence electrons. The van der Waals surface area contributed by atoms with Crippen molar-refractivity contribution < 1.29 is 14.6 Å². The second-order valence-electron chi connectivity index (χ2n) is 4.82. The molecule has 2 aliphatic heterocycles. The highest BCUT2D eigenvalue weighted by molar-refractivity contribution is 5.94. The van der Waals surface area contributed by atoms with Gasteiger partial charge in [0.15, 0.2) is 0 Å². The summed E-state index contributed by atoms with van der Waals surface area (Å²) in [5.41, 5.74) is 5.43. The third-order valence-electron chi connectivity index (χ3n) is 3.54. The smallest absolute Gasteiger partial charge is 0.295 e. The molecule has 1 amide bonds. The molecule has 4 rings (SSSR count). The Kier molecular flexibility index (Phi) is 2.90. The van der Waals surface area contributed by atoms with Crippen LogP contribution in [0.1, 0.15) is 23.2 Å². The van der Waals surface area contributed by atoms with E-state index in [1.165, 1.54) is 18.2 Å². The van der Waals surface area contributed by atoms with E-state index in [4.69, 9.17) is 10.6 Å². The quantitative estimate of drug-likeness (QED) is 0.512. The lowest BCUT2D eigenvalue weighted by Gasteiger charge is -2.41. The SMILES string of the molecule is NC(=O)c1ccc(N2O[C@H]3C=C[C@@H]2CC3)c([N+](=O)[O-])c1. The van der Waals surface area contributed by atoms with E-state index in [1.807, 2.05) is 12.2 Å². The Morgan fingerprint density at radius 2 is 2.20 bits per heavy atom. The van der Waals surface area contributed by atoms with E-state index in [-0.39, 0.29) is 23.4 Å². The molecule has 2 bridgehead atoms. The summed E-state index contributed by atoms with van der Waals surface area (Å²) in [4.78, 5) is 27.5. The van der Waals surface area contributed by atoms with E-state index in [1.54, 1.807) is 5.06 Å². The number of rotatable bonds is 3. The molecule has 1 aliphatic carbocycles. The van der Waals surface area contributed by atoms with Crippen LogP contribution < -0.4 is 10.8 Å². The first-order valence-electron chi connectivity index (χ1n) is 6.29. The lowest BCUT2D eigenvalue weighted by atomic mass is 9.97. The van der Waals surface area contributed by atoms with Gasteiger partial charge in [0, 0.05) is 11.6 Å². The van der Waals surface area contributed by atoms with Crippen LogP contribution in [0.4, 0.5) is 11.4 Å². The molecule has 1 fully saturated rings. The van der Waals surface area contributed by atoms with E-state index in [0.29, 0.717) is 5.69 Å². The van der Waals surface area contributed by atoms with Crippen LogP contribution in [0.2, 0.25) is 0 Å². The van der Waals surface area contributed by atoms with Crippen LogP contribution in [0.3, 0.4) is 0 Å². The highest BCUT2D eigenvalue weighted by Gasteiger charge is 2.34. The molecule has 7 nitrogen and oxygen atoms in total. The summed E-state index contributed by atoms with van der Waals surface area (Å²) in [5, 5.41) is 12.8. The Hall–Kier alpha value is -2.41. The monoisotopic (exact) mass is 275 g/mol. The Balaban J connectivity index is 2.03. The number of carbonyl (C=O) groups is 1. The van der Waals surface area contributed by atoms with Crippen molar-refractivity contribution in [3.63, 3.8) is 0 Å². The number of hydrogen-bond donors (Lipinski definition) is 1. The molecule has 1 aromatic rings. The minimum absolute atomic E-state index is 0.0156. The Morgan fingerprint density at radius 3 is 2.70 bits per heavy atom. The van der Waals surface area contributed by atoms with Crippen LogP contribution in [0.5, 0.6) is 0 Å². The largest absolute Gasteiger partial charge is 0.366 e. The maximum atomic E-state index is 11.2. The predicted octanol–water partition coefficient (Wildman–Crippen LogP) is 1.53. The van der Waals surface area contributed by atoms with Crippen molar-refractivity contribution in [3.05, 3.63) is 46.0 Å². The van der Waals surface area contributed by atoms with Gasteiger partial charge in [-0.1, -0.05) is 12.2 Å². The van der Waals surface area contributed by atoms with E-state index in [9.17, 15) is 14.9 Å². The molecule has 2 N–H and O–H groups in total. The molecule has 20 heavy (non-hydrogen) atoms. The summed E-state index contributed by atoms with van der Waals surface area (Å²) in [7, 11) is 0. The third-order valence-corrected chi connectivity index (χ3v) is 3.54. The fourth-order valence-electron chi connectivity index (χ4n) is 2.53. The molecule has 0 radical (unpaired) electrons. The molecule has 2 heterocycles. The summed E-state index contributed by atoms with van der Waals surface area (Å²) in [6, 6.07) is 4.15. The number of nitrogens with two attached hydrogens (primary N) is 1. The number of benzene rings is 1. The zero-order valence-electron chi connectivity index (χ0n) is 10.6. The number of hydrogen-bond acceptors (Lipinski definition) is 5. The molecule has 0 unspecified atom stereocenters. The number of carbonyl (C=O) groups excluding carboxylic acids is 1. The van der Waals surface area contributed by atoms with Gasteiger partial charge in [-0.05, 0) is 25.0 Å². The normalized spacial score (nSPS) is 23.9. The van der Waals surface area contributed by atoms with Crippen LogP contribution in [0, 0.1) is 10.1 Å². The molecule has 1 aromatic carbocycles. The van der Waals surface area contributed by atoms with Gasteiger partial charge in [0.05, 0.1) is 11.0 Å².